The van der Waals surface area contributed by atoms with Gasteiger partial charge in [-0.25, -0.2) is 0 Å². The second-order valence-electron chi connectivity index (χ2n) is 5.40. The molecule has 0 saturated heterocycles. The van der Waals surface area contributed by atoms with Gasteiger partial charge in [-0.15, -0.1) is 0 Å². The van der Waals surface area contributed by atoms with E-state index in [1.165, 1.54) is 28.2 Å². The monoisotopic (exact) mass is 311 g/mol. The van der Waals surface area contributed by atoms with Gasteiger partial charge in [0.2, 0.25) is 0 Å². The van der Waals surface area contributed by atoms with E-state index in [1.807, 2.05) is 13.1 Å². The Morgan fingerprint density at radius 2 is 1.73 bits per heavy atom. The second kappa shape index (κ2) is 7.36. The fraction of sp³-hybridized carbons (Fsp3) is 0.278. The molecule has 0 unspecified atom stereocenters. The van der Waals surface area contributed by atoms with Crippen LogP contribution in [0.1, 0.15) is 18.4 Å². The lowest BCUT2D eigenvalue weighted by molar-refractivity contribution is 0.805. The van der Waals surface area contributed by atoms with Crippen LogP contribution in [0.25, 0.3) is 0 Å². The number of hydrogen-bond donors (Lipinski definition) is 2. The van der Waals surface area contributed by atoms with E-state index in [0.29, 0.717) is 6.04 Å². The Kier molecular flexibility index (Phi) is 5.01. The molecule has 3 rings (SSSR count). The molecule has 1 saturated carbocycles. The molecule has 0 aliphatic heterocycles. The van der Waals surface area contributed by atoms with E-state index in [4.69, 9.17) is 0 Å². The first-order valence-electron chi connectivity index (χ1n) is 7.62. The van der Waals surface area contributed by atoms with E-state index < -0.39 is 0 Å². The minimum atomic E-state index is 0.621. The minimum Gasteiger partial charge on any atom is -0.354 e. The van der Waals surface area contributed by atoms with E-state index in [9.17, 15) is 0 Å². The number of rotatable bonds is 5. The third kappa shape index (κ3) is 4.53. The van der Waals surface area contributed by atoms with Gasteiger partial charge in [-0.2, -0.15) is 0 Å². The van der Waals surface area contributed by atoms with Gasteiger partial charge in [0, 0.05) is 29.4 Å². The maximum atomic E-state index is 4.25. The average Bonchev–Trinajstić information content (AvgIpc) is 3.38. The molecule has 2 N–H and O–H groups in total. The molecule has 4 heteroatoms. The zero-order valence-corrected chi connectivity index (χ0v) is 13.6. The van der Waals surface area contributed by atoms with Crippen molar-refractivity contribution in [3.8, 4) is 0 Å². The summed E-state index contributed by atoms with van der Waals surface area (Å²) in [7, 11) is 1.82. The molecular weight excluding hydrogens is 290 g/mol. The van der Waals surface area contributed by atoms with Gasteiger partial charge in [0.25, 0.3) is 0 Å². The van der Waals surface area contributed by atoms with Crippen LogP contribution in [0, 0.1) is 0 Å². The average molecular weight is 311 g/mol. The summed E-state index contributed by atoms with van der Waals surface area (Å²) in [4.78, 5) is 6.77. The fourth-order valence-electron chi connectivity index (χ4n) is 2.10. The Labute approximate surface area is 136 Å². The highest BCUT2D eigenvalue weighted by Crippen LogP contribution is 2.27. The van der Waals surface area contributed by atoms with Crippen molar-refractivity contribution in [3.63, 3.8) is 0 Å². The van der Waals surface area contributed by atoms with Crippen molar-refractivity contribution >= 4 is 17.7 Å². The molecule has 2 aromatic rings. The van der Waals surface area contributed by atoms with Crippen LogP contribution in [0.2, 0.25) is 0 Å². The van der Waals surface area contributed by atoms with Crippen molar-refractivity contribution in [1.29, 1.82) is 0 Å². The van der Waals surface area contributed by atoms with Crippen molar-refractivity contribution in [2.45, 2.75) is 35.2 Å². The fourth-order valence-corrected chi connectivity index (χ4v) is 2.94. The highest BCUT2D eigenvalue weighted by molar-refractivity contribution is 7.99. The maximum Gasteiger partial charge on any atom is 0.191 e. The van der Waals surface area contributed by atoms with Gasteiger partial charge in [0.15, 0.2) is 5.96 Å². The largest absolute Gasteiger partial charge is 0.354 e. The van der Waals surface area contributed by atoms with Crippen molar-refractivity contribution in [3.05, 3.63) is 60.2 Å². The lowest BCUT2D eigenvalue weighted by atomic mass is 10.2. The molecule has 114 valence electrons. The number of aliphatic imine (C=N–C) groups is 1. The normalized spacial score (nSPS) is 14.7. The van der Waals surface area contributed by atoms with Crippen LogP contribution in [0.5, 0.6) is 0 Å². The summed E-state index contributed by atoms with van der Waals surface area (Å²) in [5.74, 6) is 0.894. The van der Waals surface area contributed by atoms with Crippen molar-refractivity contribution in [1.82, 2.24) is 10.6 Å². The zero-order valence-electron chi connectivity index (χ0n) is 12.8. The number of benzene rings is 2. The molecule has 1 aliphatic carbocycles. The Hall–Kier alpha value is -1.94. The number of nitrogens with zero attached hydrogens (tertiary/aromatic N) is 1. The van der Waals surface area contributed by atoms with Gasteiger partial charge in [0.05, 0.1) is 0 Å². The molecule has 2 aromatic carbocycles. The lowest BCUT2D eigenvalue weighted by Gasteiger charge is -2.11. The second-order valence-corrected chi connectivity index (χ2v) is 6.55. The predicted octanol–water partition coefficient (Wildman–Crippen LogP) is 3.67. The van der Waals surface area contributed by atoms with Gasteiger partial charge in [-0.1, -0.05) is 42.1 Å². The molecule has 3 nitrogen and oxygen atoms in total. The van der Waals surface area contributed by atoms with E-state index in [1.54, 1.807) is 11.8 Å². The van der Waals surface area contributed by atoms with E-state index in [0.717, 1.165) is 12.5 Å². The third-order valence-electron chi connectivity index (χ3n) is 3.50. The zero-order chi connectivity index (χ0) is 15.2. The SMILES string of the molecule is CN=C(NCc1ccc(Sc2ccccc2)cc1)NC1CC1. The summed E-state index contributed by atoms with van der Waals surface area (Å²) in [6.07, 6.45) is 2.51. The Balaban J connectivity index is 1.52. The van der Waals surface area contributed by atoms with Crippen LogP contribution in [0.4, 0.5) is 0 Å². The molecule has 0 bridgehead atoms. The first-order chi connectivity index (χ1) is 10.8. The van der Waals surface area contributed by atoms with Crippen LogP contribution in [0.15, 0.2) is 69.4 Å². The molecule has 0 heterocycles. The highest BCUT2D eigenvalue weighted by atomic mass is 32.2. The number of nitrogens with one attached hydrogen (secondary N) is 2. The van der Waals surface area contributed by atoms with Crippen molar-refractivity contribution in [2.24, 2.45) is 4.99 Å². The van der Waals surface area contributed by atoms with Gasteiger partial charge in [0.1, 0.15) is 0 Å². The summed E-state index contributed by atoms with van der Waals surface area (Å²) in [6, 6.07) is 19.7. The quantitative estimate of drug-likeness (QED) is 0.653. The summed E-state index contributed by atoms with van der Waals surface area (Å²) in [5, 5.41) is 6.75. The van der Waals surface area contributed by atoms with Gasteiger partial charge >= 0.3 is 0 Å². The summed E-state index contributed by atoms with van der Waals surface area (Å²) in [5.41, 5.74) is 1.26. The lowest BCUT2D eigenvalue weighted by Crippen LogP contribution is -2.38. The molecule has 0 spiro atoms. The molecule has 0 atom stereocenters. The number of guanidine groups is 1. The van der Waals surface area contributed by atoms with Crippen LogP contribution in [-0.2, 0) is 6.54 Å². The maximum absolute atomic E-state index is 4.25. The van der Waals surface area contributed by atoms with E-state index in [2.05, 4.69) is 64.2 Å². The highest BCUT2D eigenvalue weighted by Gasteiger charge is 2.21. The van der Waals surface area contributed by atoms with Crippen LogP contribution in [-0.4, -0.2) is 19.0 Å². The molecular formula is C18H21N3S. The van der Waals surface area contributed by atoms with Gasteiger partial charge in [-0.3, -0.25) is 4.99 Å². The minimum absolute atomic E-state index is 0.621. The summed E-state index contributed by atoms with van der Waals surface area (Å²) < 4.78 is 0. The van der Waals surface area contributed by atoms with Crippen molar-refractivity contribution < 1.29 is 0 Å². The first-order valence-corrected chi connectivity index (χ1v) is 8.44. The predicted molar refractivity (Wildman–Crippen MR) is 93.4 cm³/mol. The number of hydrogen-bond acceptors (Lipinski definition) is 2. The smallest absolute Gasteiger partial charge is 0.191 e. The van der Waals surface area contributed by atoms with E-state index >= 15 is 0 Å². The standard InChI is InChI=1S/C18H21N3S/c1-19-18(21-15-9-10-15)20-13-14-7-11-17(12-8-14)22-16-5-3-2-4-6-16/h2-8,11-12,15H,9-10,13H2,1H3,(H2,19,20,21). The molecule has 0 radical (unpaired) electrons. The van der Waals surface area contributed by atoms with Crippen LogP contribution >= 0.6 is 11.8 Å². The van der Waals surface area contributed by atoms with Crippen molar-refractivity contribution in [2.75, 3.05) is 7.05 Å². The Morgan fingerprint density at radius 1 is 1.05 bits per heavy atom. The molecule has 22 heavy (non-hydrogen) atoms. The molecule has 1 aliphatic rings. The topological polar surface area (TPSA) is 36.4 Å². The first kappa shape index (κ1) is 15.0. The Bertz CT molecular complexity index is 619. The summed E-state index contributed by atoms with van der Waals surface area (Å²) in [6.45, 7) is 0.794. The molecule has 1 fully saturated rings. The van der Waals surface area contributed by atoms with Crippen LogP contribution < -0.4 is 10.6 Å². The molecule has 0 aromatic heterocycles. The van der Waals surface area contributed by atoms with Gasteiger partial charge < -0.3 is 10.6 Å². The van der Waals surface area contributed by atoms with Crippen LogP contribution in [0.3, 0.4) is 0 Å². The van der Waals surface area contributed by atoms with E-state index in [-0.39, 0.29) is 0 Å². The van der Waals surface area contributed by atoms with Gasteiger partial charge in [-0.05, 0) is 42.7 Å². The third-order valence-corrected chi connectivity index (χ3v) is 4.52. The summed E-state index contributed by atoms with van der Waals surface area (Å²) >= 11 is 1.79. The Morgan fingerprint density at radius 3 is 2.36 bits per heavy atom. The molecule has 0 amide bonds.